The summed E-state index contributed by atoms with van der Waals surface area (Å²) in [6, 6.07) is 4.82. The molecule has 0 aliphatic heterocycles. The Kier molecular flexibility index (Phi) is 32.9. The molecule has 0 N–H and O–H groups in total. The Balaban J connectivity index is 2.83. The van der Waals surface area contributed by atoms with Crippen molar-refractivity contribution in [2.75, 3.05) is 26.4 Å². The standard InChI is InChI=1S/C47H78O11/c1-5-9-13-17-21-25-44(49)55-37-40(57-46(51)27-23-19-15-11-7-3)29-31-53-42-33-39(36-48)34-43(35-42)54-32-30-41(58-47(52)28-24-20-16-12-8-4)38-56-45(50)26-22-18-14-10-6-2/h33-36,40-41H,5-32,37-38H2,1-4H3. The van der Waals surface area contributed by atoms with Gasteiger partial charge in [0.1, 0.15) is 43.2 Å². The minimum Gasteiger partial charge on any atom is -0.493 e. The molecule has 0 amide bonds. The Labute approximate surface area is 350 Å². The smallest absolute Gasteiger partial charge is 0.306 e. The first-order valence-corrected chi connectivity index (χ1v) is 22.8. The number of hydrogen-bond acceptors (Lipinski definition) is 11. The second-order valence-corrected chi connectivity index (χ2v) is 15.4. The molecule has 0 spiro atoms. The van der Waals surface area contributed by atoms with E-state index < -0.39 is 12.2 Å². The van der Waals surface area contributed by atoms with Crippen LogP contribution in [0.2, 0.25) is 0 Å². The molecule has 0 aliphatic rings. The van der Waals surface area contributed by atoms with E-state index in [4.69, 9.17) is 28.4 Å². The van der Waals surface area contributed by atoms with Gasteiger partial charge in [0.15, 0.2) is 0 Å². The summed E-state index contributed by atoms with van der Waals surface area (Å²) in [7, 11) is 0. The van der Waals surface area contributed by atoms with Gasteiger partial charge in [0.05, 0.1) is 13.2 Å². The Morgan fingerprint density at radius 1 is 0.466 bits per heavy atom. The molecule has 58 heavy (non-hydrogen) atoms. The van der Waals surface area contributed by atoms with E-state index in [1.807, 2.05) is 0 Å². The molecule has 332 valence electrons. The highest BCUT2D eigenvalue weighted by Crippen LogP contribution is 2.24. The van der Waals surface area contributed by atoms with Crippen molar-refractivity contribution < 1.29 is 52.4 Å². The van der Waals surface area contributed by atoms with Crippen molar-refractivity contribution in [2.45, 2.75) is 207 Å². The van der Waals surface area contributed by atoms with Gasteiger partial charge in [-0.05, 0) is 37.8 Å². The van der Waals surface area contributed by atoms with Crippen LogP contribution in [0.4, 0.5) is 0 Å². The quantitative estimate of drug-likeness (QED) is 0.0271. The maximum atomic E-state index is 12.7. The van der Waals surface area contributed by atoms with E-state index in [0.717, 1.165) is 128 Å². The molecule has 0 aliphatic carbocycles. The number of benzene rings is 1. The molecule has 11 heteroatoms. The Hall–Kier alpha value is -3.63. The number of aldehydes is 1. The summed E-state index contributed by atoms with van der Waals surface area (Å²) in [6.45, 7) is 8.73. The third-order valence-electron chi connectivity index (χ3n) is 9.85. The summed E-state index contributed by atoms with van der Waals surface area (Å²) in [5, 5.41) is 0. The maximum absolute atomic E-state index is 12.7. The van der Waals surface area contributed by atoms with Crippen molar-refractivity contribution in [1.29, 1.82) is 0 Å². The highest BCUT2D eigenvalue weighted by Gasteiger charge is 2.20. The molecular formula is C47H78O11. The molecule has 2 unspecified atom stereocenters. The fourth-order valence-corrected chi connectivity index (χ4v) is 6.29. The van der Waals surface area contributed by atoms with Crippen molar-refractivity contribution in [1.82, 2.24) is 0 Å². The third kappa shape index (κ3) is 29.6. The van der Waals surface area contributed by atoms with Crippen LogP contribution in [0.25, 0.3) is 0 Å². The van der Waals surface area contributed by atoms with Crippen LogP contribution in [0.15, 0.2) is 18.2 Å². The van der Waals surface area contributed by atoms with Crippen LogP contribution in [0.3, 0.4) is 0 Å². The molecule has 1 rings (SSSR count). The SMILES string of the molecule is CCCCCCCC(=O)OCC(CCOc1cc(C=O)cc(OCCC(COC(=O)CCCCCCC)OC(=O)CCCCCCC)c1)OC(=O)CCCCCCC. The summed E-state index contributed by atoms with van der Waals surface area (Å²) in [4.78, 5) is 62.1. The van der Waals surface area contributed by atoms with E-state index >= 15 is 0 Å². The zero-order chi connectivity index (χ0) is 42.5. The van der Waals surface area contributed by atoms with Gasteiger partial charge < -0.3 is 28.4 Å². The third-order valence-corrected chi connectivity index (χ3v) is 9.85. The molecule has 0 saturated carbocycles. The Morgan fingerprint density at radius 3 is 1.12 bits per heavy atom. The molecule has 11 nitrogen and oxygen atoms in total. The first kappa shape index (κ1) is 52.4. The van der Waals surface area contributed by atoms with Crippen LogP contribution in [0, 0.1) is 0 Å². The number of unbranched alkanes of at least 4 members (excludes halogenated alkanes) is 16. The first-order chi connectivity index (χ1) is 28.2. The van der Waals surface area contributed by atoms with Gasteiger partial charge in [-0.3, -0.25) is 24.0 Å². The molecule has 0 bridgehead atoms. The van der Waals surface area contributed by atoms with E-state index in [-0.39, 0.29) is 63.1 Å². The van der Waals surface area contributed by atoms with Gasteiger partial charge in [0, 0.05) is 50.2 Å². The second-order valence-electron chi connectivity index (χ2n) is 15.4. The maximum Gasteiger partial charge on any atom is 0.306 e. The lowest BCUT2D eigenvalue weighted by atomic mass is 10.1. The second kappa shape index (κ2) is 36.4. The molecule has 0 fully saturated rings. The fourth-order valence-electron chi connectivity index (χ4n) is 6.29. The zero-order valence-corrected chi connectivity index (χ0v) is 36.7. The summed E-state index contributed by atoms with van der Waals surface area (Å²) < 4.78 is 34.5. The molecule has 1 aromatic carbocycles. The van der Waals surface area contributed by atoms with Crippen molar-refractivity contribution in [3.05, 3.63) is 23.8 Å². The molecule has 0 heterocycles. The van der Waals surface area contributed by atoms with E-state index in [1.165, 1.54) is 0 Å². The van der Waals surface area contributed by atoms with Crippen molar-refractivity contribution >= 4 is 30.2 Å². The van der Waals surface area contributed by atoms with Crippen molar-refractivity contribution in [3.63, 3.8) is 0 Å². The summed E-state index contributed by atoms with van der Waals surface area (Å²) in [6.07, 6.45) is 21.4. The minimum absolute atomic E-state index is 0.0552. The minimum atomic E-state index is -0.677. The summed E-state index contributed by atoms with van der Waals surface area (Å²) in [5.74, 6) is -0.525. The van der Waals surface area contributed by atoms with E-state index in [9.17, 15) is 24.0 Å². The van der Waals surface area contributed by atoms with Gasteiger partial charge in [-0.15, -0.1) is 0 Å². The van der Waals surface area contributed by atoms with Gasteiger partial charge in [0.25, 0.3) is 0 Å². The molecule has 2 atom stereocenters. The van der Waals surface area contributed by atoms with Crippen LogP contribution < -0.4 is 9.47 Å². The Morgan fingerprint density at radius 2 is 0.793 bits per heavy atom. The topological polar surface area (TPSA) is 141 Å². The normalized spacial score (nSPS) is 12.0. The lowest BCUT2D eigenvalue weighted by Crippen LogP contribution is -2.27. The molecule has 1 aromatic rings. The number of hydrogen-bond donors (Lipinski definition) is 0. The summed E-state index contributed by atoms with van der Waals surface area (Å²) in [5.41, 5.74) is 0.338. The number of carbonyl (C=O) groups excluding carboxylic acids is 5. The largest absolute Gasteiger partial charge is 0.493 e. The van der Waals surface area contributed by atoms with Gasteiger partial charge in [-0.25, -0.2) is 0 Å². The Bertz CT molecular complexity index is 1150. The van der Waals surface area contributed by atoms with Gasteiger partial charge in [-0.2, -0.15) is 0 Å². The average Bonchev–Trinajstić information content (AvgIpc) is 3.21. The predicted octanol–water partition coefficient (Wildman–Crippen LogP) is 11.4. The van der Waals surface area contributed by atoms with Crippen LogP contribution in [-0.2, 0) is 38.1 Å². The number of ether oxygens (including phenoxy) is 6. The predicted molar refractivity (Wildman–Crippen MR) is 227 cm³/mol. The molecule has 0 saturated heterocycles. The number of carbonyl (C=O) groups is 5. The molecular weight excluding hydrogens is 741 g/mol. The van der Waals surface area contributed by atoms with Crippen molar-refractivity contribution in [2.24, 2.45) is 0 Å². The van der Waals surface area contributed by atoms with Gasteiger partial charge in [0.2, 0.25) is 0 Å². The lowest BCUT2D eigenvalue weighted by Gasteiger charge is -2.19. The van der Waals surface area contributed by atoms with Gasteiger partial charge >= 0.3 is 23.9 Å². The van der Waals surface area contributed by atoms with Crippen LogP contribution in [-0.4, -0.2) is 68.8 Å². The first-order valence-electron chi connectivity index (χ1n) is 22.8. The number of rotatable bonds is 39. The monoisotopic (exact) mass is 819 g/mol. The highest BCUT2D eigenvalue weighted by molar-refractivity contribution is 5.76. The van der Waals surface area contributed by atoms with E-state index in [0.29, 0.717) is 49.0 Å². The average molecular weight is 819 g/mol. The fraction of sp³-hybridized carbons (Fsp3) is 0.766. The van der Waals surface area contributed by atoms with Crippen LogP contribution >= 0.6 is 0 Å². The summed E-state index contributed by atoms with van der Waals surface area (Å²) >= 11 is 0. The van der Waals surface area contributed by atoms with Crippen molar-refractivity contribution in [3.8, 4) is 11.5 Å². The lowest BCUT2D eigenvalue weighted by molar-refractivity contribution is -0.160. The van der Waals surface area contributed by atoms with Crippen LogP contribution in [0.5, 0.6) is 11.5 Å². The van der Waals surface area contributed by atoms with E-state index in [2.05, 4.69) is 27.7 Å². The number of esters is 4. The van der Waals surface area contributed by atoms with Gasteiger partial charge in [-0.1, -0.05) is 130 Å². The van der Waals surface area contributed by atoms with Crippen LogP contribution in [0.1, 0.15) is 205 Å². The van der Waals surface area contributed by atoms with E-state index in [1.54, 1.807) is 18.2 Å². The molecule has 0 radical (unpaired) electrons. The highest BCUT2D eigenvalue weighted by atomic mass is 16.6. The molecule has 0 aromatic heterocycles. The zero-order valence-electron chi connectivity index (χ0n) is 36.7.